The first-order valence-corrected chi connectivity index (χ1v) is 7.42. The van der Waals surface area contributed by atoms with Crippen LogP contribution in [0.2, 0.25) is 0 Å². The number of hydrogen-bond donors (Lipinski definition) is 1. The molecule has 20 heavy (non-hydrogen) atoms. The summed E-state index contributed by atoms with van der Waals surface area (Å²) in [4.78, 5) is 13.1. The van der Waals surface area contributed by atoms with Crippen LogP contribution in [0.1, 0.15) is 37.7 Å². The Morgan fingerprint density at radius 1 is 1.30 bits per heavy atom. The Labute approximate surface area is 118 Å². The molecule has 5 nitrogen and oxygen atoms in total. The van der Waals surface area contributed by atoms with Crippen LogP contribution >= 0.6 is 0 Å². The van der Waals surface area contributed by atoms with Crippen molar-refractivity contribution in [3.8, 4) is 0 Å². The molecule has 2 aliphatic rings. The molecule has 2 atom stereocenters. The molecule has 108 valence electrons. The van der Waals surface area contributed by atoms with Gasteiger partial charge >= 0.3 is 0 Å². The normalized spacial score (nSPS) is 26.4. The fourth-order valence-corrected chi connectivity index (χ4v) is 3.83. The number of rotatable bonds is 3. The van der Waals surface area contributed by atoms with Crippen molar-refractivity contribution in [1.29, 1.82) is 0 Å². The zero-order valence-electron chi connectivity index (χ0n) is 11.6. The number of nitro benzene ring substituents is 1. The first-order valence-electron chi connectivity index (χ1n) is 7.42. The summed E-state index contributed by atoms with van der Waals surface area (Å²) in [5.74, 6) is 0.840. The summed E-state index contributed by atoms with van der Waals surface area (Å²) >= 11 is 0. The highest BCUT2D eigenvalue weighted by molar-refractivity contribution is 5.59. The second-order valence-electron chi connectivity index (χ2n) is 6.02. The average Bonchev–Trinajstić information content (AvgIpc) is 2.90. The molecule has 0 spiro atoms. The van der Waals surface area contributed by atoms with E-state index in [0.717, 1.165) is 24.6 Å². The summed E-state index contributed by atoms with van der Waals surface area (Å²) in [6.45, 7) is 1.92. The highest BCUT2D eigenvalue weighted by atomic mass is 16.6. The minimum atomic E-state index is -0.395. The van der Waals surface area contributed by atoms with E-state index in [2.05, 4.69) is 4.90 Å². The van der Waals surface area contributed by atoms with Crippen molar-refractivity contribution in [2.45, 2.75) is 44.7 Å². The Bertz CT molecular complexity index is 518. The van der Waals surface area contributed by atoms with Gasteiger partial charge in [0.25, 0.3) is 5.69 Å². The van der Waals surface area contributed by atoms with Crippen LogP contribution in [-0.4, -0.2) is 22.4 Å². The predicted molar refractivity (Wildman–Crippen MR) is 78.3 cm³/mol. The van der Waals surface area contributed by atoms with E-state index in [-0.39, 0.29) is 11.4 Å². The maximum atomic E-state index is 11.0. The van der Waals surface area contributed by atoms with E-state index in [4.69, 9.17) is 5.73 Å². The van der Waals surface area contributed by atoms with Crippen LogP contribution in [0.25, 0.3) is 0 Å². The lowest BCUT2D eigenvalue weighted by Gasteiger charge is -2.37. The van der Waals surface area contributed by atoms with Gasteiger partial charge in [0.15, 0.2) is 0 Å². The Morgan fingerprint density at radius 2 is 2.10 bits per heavy atom. The number of nitrogen functional groups attached to an aromatic ring is 1. The zero-order chi connectivity index (χ0) is 14.1. The Morgan fingerprint density at radius 3 is 2.90 bits per heavy atom. The maximum Gasteiger partial charge on any atom is 0.292 e. The van der Waals surface area contributed by atoms with Gasteiger partial charge in [-0.05, 0) is 49.8 Å². The molecule has 0 aromatic heterocycles. The zero-order valence-corrected chi connectivity index (χ0v) is 11.6. The fourth-order valence-electron chi connectivity index (χ4n) is 3.83. The molecule has 1 heterocycles. The summed E-state index contributed by atoms with van der Waals surface area (Å²) in [5, 5.41) is 11.0. The molecular formula is C15H21N3O2. The van der Waals surface area contributed by atoms with Crippen molar-refractivity contribution in [3.05, 3.63) is 33.9 Å². The van der Waals surface area contributed by atoms with Crippen molar-refractivity contribution in [2.24, 2.45) is 5.92 Å². The smallest absolute Gasteiger partial charge is 0.292 e. The lowest BCUT2D eigenvalue weighted by molar-refractivity contribution is -0.384. The van der Waals surface area contributed by atoms with Gasteiger partial charge in [-0.15, -0.1) is 0 Å². The van der Waals surface area contributed by atoms with Crippen molar-refractivity contribution in [1.82, 2.24) is 4.90 Å². The standard InChI is InChI=1S/C15H21N3O2/c16-13-7-6-11(9-15(13)18(19)20)10-17-8-2-4-12-3-1-5-14(12)17/h6-7,9,12,14H,1-5,8,10,16H2. The third-order valence-corrected chi connectivity index (χ3v) is 4.79. The molecule has 1 aliphatic carbocycles. The third kappa shape index (κ3) is 2.50. The van der Waals surface area contributed by atoms with Gasteiger partial charge in [-0.3, -0.25) is 15.0 Å². The lowest BCUT2D eigenvalue weighted by atomic mass is 9.91. The van der Waals surface area contributed by atoms with Crippen LogP contribution in [0.3, 0.4) is 0 Å². The van der Waals surface area contributed by atoms with Crippen LogP contribution in [-0.2, 0) is 6.54 Å². The van der Waals surface area contributed by atoms with Crippen LogP contribution in [0, 0.1) is 16.0 Å². The minimum absolute atomic E-state index is 0.0301. The molecule has 1 aliphatic heterocycles. The number of nitrogens with zero attached hydrogens (tertiary/aromatic N) is 2. The van der Waals surface area contributed by atoms with Crippen LogP contribution in [0.4, 0.5) is 11.4 Å². The second-order valence-corrected chi connectivity index (χ2v) is 6.02. The molecule has 0 radical (unpaired) electrons. The number of nitrogens with two attached hydrogens (primary N) is 1. The van der Waals surface area contributed by atoms with E-state index in [0.29, 0.717) is 6.04 Å². The van der Waals surface area contributed by atoms with Crippen molar-refractivity contribution in [3.63, 3.8) is 0 Å². The number of hydrogen-bond acceptors (Lipinski definition) is 4. The molecule has 1 saturated carbocycles. The molecule has 1 saturated heterocycles. The second kappa shape index (κ2) is 5.40. The number of benzene rings is 1. The molecule has 2 unspecified atom stereocenters. The van der Waals surface area contributed by atoms with Crippen LogP contribution in [0.5, 0.6) is 0 Å². The molecule has 2 fully saturated rings. The van der Waals surface area contributed by atoms with E-state index in [1.54, 1.807) is 12.1 Å². The quantitative estimate of drug-likeness (QED) is 0.523. The first-order chi connectivity index (χ1) is 9.65. The maximum absolute atomic E-state index is 11.0. The minimum Gasteiger partial charge on any atom is -0.393 e. The predicted octanol–water partition coefficient (Wildman–Crippen LogP) is 2.94. The van der Waals surface area contributed by atoms with E-state index in [1.807, 2.05) is 6.07 Å². The van der Waals surface area contributed by atoms with Crippen LogP contribution < -0.4 is 5.73 Å². The molecule has 1 aromatic carbocycles. The molecule has 3 rings (SSSR count). The molecule has 1 aromatic rings. The van der Waals surface area contributed by atoms with E-state index in [1.165, 1.54) is 32.1 Å². The molecule has 5 heteroatoms. The molecule has 2 N–H and O–H groups in total. The monoisotopic (exact) mass is 275 g/mol. The summed E-state index contributed by atoms with van der Waals surface area (Å²) in [5.41, 5.74) is 6.93. The summed E-state index contributed by atoms with van der Waals surface area (Å²) in [6, 6.07) is 5.89. The average molecular weight is 275 g/mol. The number of likely N-dealkylation sites (tertiary alicyclic amines) is 1. The highest BCUT2D eigenvalue weighted by Gasteiger charge is 2.34. The van der Waals surface area contributed by atoms with Gasteiger partial charge in [0.2, 0.25) is 0 Å². The van der Waals surface area contributed by atoms with Crippen LogP contribution in [0.15, 0.2) is 18.2 Å². The highest BCUT2D eigenvalue weighted by Crippen LogP contribution is 2.37. The Hall–Kier alpha value is -1.62. The van der Waals surface area contributed by atoms with Gasteiger partial charge in [0, 0.05) is 18.7 Å². The van der Waals surface area contributed by atoms with Crippen molar-refractivity contribution >= 4 is 11.4 Å². The lowest BCUT2D eigenvalue weighted by Crippen LogP contribution is -2.41. The van der Waals surface area contributed by atoms with E-state index in [9.17, 15) is 10.1 Å². The molecule has 0 bridgehead atoms. The number of fused-ring (bicyclic) bond motifs is 1. The molecule has 0 amide bonds. The largest absolute Gasteiger partial charge is 0.393 e. The van der Waals surface area contributed by atoms with Gasteiger partial charge in [0.1, 0.15) is 5.69 Å². The van der Waals surface area contributed by atoms with Crippen molar-refractivity contribution < 1.29 is 4.92 Å². The Kier molecular flexibility index (Phi) is 3.61. The first kappa shape index (κ1) is 13.4. The van der Waals surface area contributed by atoms with Crippen molar-refractivity contribution in [2.75, 3.05) is 12.3 Å². The van der Waals surface area contributed by atoms with Gasteiger partial charge in [-0.2, -0.15) is 0 Å². The topological polar surface area (TPSA) is 72.4 Å². The summed E-state index contributed by atoms with van der Waals surface area (Å²) < 4.78 is 0. The number of anilines is 1. The van der Waals surface area contributed by atoms with Gasteiger partial charge in [-0.25, -0.2) is 0 Å². The number of nitro groups is 1. The van der Waals surface area contributed by atoms with E-state index < -0.39 is 4.92 Å². The summed E-state index contributed by atoms with van der Waals surface area (Å²) in [6.07, 6.45) is 6.56. The fraction of sp³-hybridized carbons (Fsp3) is 0.600. The Balaban J connectivity index is 1.77. The SMILES string of the molecule is Nc1ccc(CN2CCCC3CCCC32)cc1[N+](=O)[O-]. The van der Waals surface area contributed by atoms with Gasteiger partial charge in [-0.1, -0.05) is 12.5 Å². The summed E-state index contributed by atoms with van der Waals surface area (Å²) in [7, 11) is 0. The van der Waals surface area contributed by atoms with Gasteiger partial charge < -0.3 is 5.73 Å². The molecular weight excluding hydrogens is 254 g/mol. The third-order valence-electron chi connectivity index (χ3n) is 4.79. The van der Waals surface area contributed by atoms with Gasteiger partial charge in [0.05, 0.1) is 4.92 Å². The number of piperidine rings is 1. The van der Waals surface area contributed by atoms with E-state index >= 15 is 0 Å².